The van der Waals surface area contributed by atoms with Gasteiger partial charge in [-0.25, -0.2) is 10.1 Å². The van der Waals surface area contributed by atoms with E-state index in [-0.39, 0.29) is 17.3 Å². The zero-order valence-electron chi connectivity index (χ0n) is 17.0. The summed E-state index contributed by atoms with van der Waals surface area (Å²) in [6.45, 7) is 6.49. The molecular formula is C22H22N4O4. The van der Waals surface area contributed by atoms with Crippen molar-refractivity contribution in [3.05, 3.63) is 64.1 Å². The van der Waals surface area contributed by atoms with E-state index < -0.39 is 5.91 Å². The van der Waals surface area contributed by atoms with E-state index in [2.05, 4.69) is 15.6 Å². The third kappa shape index (κ3) is 3.63. The molecule has 1 N–H and O–H groups in total. The van der Waals surface area contributed by atoms with E-state index in [1.54, 1.807) is 31.2 Å². The molecule has 0 unspecified atom stereocenters. The van der Waals surface area contributed by atoms with Crippen molar-refractivity contribution in [2.45, 2.75) is 26.8 Å². The van der Waals surface area contributed by atoms with Gasteiger partial charge in [-0.3, -0.25) is 9.59 Å². The number of hydrogen-bond donors (Lipinski definition) is 1. The van der Waals surface area contributed by atoms with Gasteiger partial charge in [0.05, 0.1) is 17.1 Å². The number of benzene rings is 2. The Hall–Kier alpha value is -3.68. The number of hydrogen-bond acceptors (Lipinski definition) is 6. The molecule has 0 fully saturated rings. The number of fused-ring (bicyclic) bond motifs is 2. The van der Waals surface area contributed by atoms with Gasteiger partial charge < -0.3 is 9.47 Å². The van der Waals surface area contributed by atoms with Gasteiger partial charge in [0.15, 0.2) is 17.2 Å². The molecule has 1 aromatic heterocycles. The van der Waals surface area contributed by atoms with E-state index in [1.807, 2.05) is 32.0 Å². The molecule has 0 saturated carbocycles. The van der Waals surface area contributed by atoms with E-state index in [4.69, 9.17) is 9.47 Å². The van der Waals surface area contributed by atoms with Crippen molar-refractivity contribution in [1.29, 1.82) is 0 Å². The maximum Gasteiger partial charge on any atom is 0.292 e. The summed E-state index contributed by atoms with van der Waals surface area (Å²) < 4.78 is 12.4. The fourth-order valence-electron chi connectivity index (χ4n) is 3.24. The van der Waals surface area contributed by atoms with Crippen molar-refractivity contribution >= 4 is 22.4 Å². The normalized spacial score (nSPS) is 13.5. The molecule has 4 rings (SSSR count). The summed E-state index contributed by atoms with van der Waals surface area (Å²) in [7, 11) is 0. The number of aromatic nitrogens is 2. The van der Waals surface area contributed by atoms with E-state index in [1.165, 1.54) is 4.68 Å². The van der Waals surface area contributed by atoms with E-state index in [0.29, 0.717) is 41.2 Å². The summed E-state index contributed by atoms with van der Waals surface area (Å²) in [5.41, 5.74) is 3.87. The summed E-state index contributed by atoms with van der Waals surface area (Å²) in [6.07, 6.45) is 0. The molecule has 30 heavy (non-hydrogen) atoms. The van der Waals surface area contributed by atoms with Crippen LogP contribution in [0.4, 0.5) is 0 Å². The Bertz CT molecular complexity index is 1210. The number of carbonyl (C=O) groups excluding carboxylic acids is 1. The number of amides is 1. The Balaban J connectivity index is 1.65. The largest absolute Gasteiger partial charge is 0.486 e. The van der Waals surface area contributed by atoms with Gasteiger partial charge in [-0.1, -0.05) is 18.2 Å². The highest BCUT2D eigenvalue weighted by Crippen LogP contribution is 2.30. The number of hydrazone groups is 1. The van der Waals surface area contributed by atoms with Gasteiger partial charge in [-0.05, 0) is 45.0 Å². The van der Waals surface area contributed by atoms with Gasteiger partial charge >= 0.3 is 0 Å². The lowest BCUT2D eigenvalue weighted by atomic mass is 10.1. The summed E-state index contributed by atoms with van der Waals surface area (Å²) in [6, 6.07) is 12.2. The number of nitrogens with zero attached hydrogens (tertiary/aromatic N) is 3. The minimum Gasteiger partial charge on any atom is -0.486 e. The number of carbonyl (C=O) groups is 1. The molecular weight excluding hydrogens is 384 g/mol. The summed E-state index contributed by atoms with van der Waals surface area (Å²) in [4.78, 5) is 25.5. The first-order valence-electron chi connectivity index (χ1n) is 9.72. The molecule has 154 valence electrons. The van der Waals surface area contributed by atoms with Crippen LogP contribution in [0.2, 0.25) is 0 Å². The van der Waals surface area contributed by atoms with Crippen LogP contribution in [0.25, 0.3) is 10.8 Å². The van der Waals surface area contributed by atoms with Crippen molar-refractivity contribution in [2.75, 3.05) is 13.2 Å². The Morgan fingerprint density at radius 3 is 2.53 bits per heavy atom. The fraction of sp³-hybridized carbons (Fsp3) is 0.273. The lowest BCUT2D eigenvalue weighted by Gasteiger charge is -2.18. The predicted molar refractivity (Wildman–Crippen MR) is 113 cm³/mol. The standard InChI is InChI=1S/C22H22N4O4/c1-13(2)26-22(28)17-7-5-4-6-16(17)20(25-26)21(27)24-23-14(3)15-8-9-18-19(12-15)30-11-10-29-18/h4-9,12-13H,10-11H2,1-3H3,(H,24,27)/b23-14+. The minimum absolute atomic E-state index is 0.151. The van der Waals surface area contributed by atoms with Crippen LogP contribution in [0.3, 0.4) is 0 Å². The number of ether oxygens (including phenoxy) is 2. The second-order valence-corrected chi connectivity index (χ2v) is 7.23. The number of rotatable bonds is 4. The Morgan fingerprint density at radius 2 is 1.80 bits per heavy atom. The van der Waals surface area contributed by atoms with Gasteiger partial charge in [0.1, 0.15) is 13.2 Å². The molecule has 0 radical (unpaired) electrons. The van der Waals surface area contributed by atoms with E-state index >= 15 is 0 Å². The highest BCUT2D eigenvalue weighted by Gasteiger charge is 2.18. The monoisotopic (exact) mass is 406 g/mol. The van der Waals surface area contributed by atoms with Crippen LogP contribution < -0.4 is 20.5 Å². The molecule has 2 aromatic carbocycles. The number of nitrogens with one attached hydrogen (secondary N) is 1. The first-order chi connectivity index (χ1) is 14.5. The van der Waals surface area contributed by atoms with Gasteiger partial charge in [0.2, 0.25) is 0 Å². The maximum absolute atomic E-state index is 12.9. The fourth-order valence-corrected chi connectivity index (χ4v) is 3.24. The third-order valence-corrected chi connectivity index (χ3v) is 4.82. The second-order valence-electron chi connectivity index (χ2n) is 7.23. The lowest BCUT2D eigenvalue weighted by molar-refractivity contribution is 0.0949. The molecule has 0 bridgehead atoms. The molecule has 1 aliphatic heterocycles. The van der Waals surface area contributed by atoms with Gasteiger partial charge in [0, 0.05) is 10.9 Å². The minimum atomic E-state index is -0.488. The second kappa shape index (κ2) is 7.98. The van der Waals surface area contributed by atoms with E-state index in [9.17, 15) is 9.59 Å². The Labute approximate surface area is 173 Å². The SMILES string of the molecule is C/C(=N\NC(=O)c1nn(C(C)C)c(=O)c2ccccc12)c1ccc2c(c1)OCCO2. The van der Waals surface area contributed by atoms with Crippen molar-refractivity contribution in [3.8, 4) is 11.5 Å². The van der Waals surface area contributed by atoms with Crippen LogP contribution in [0, 0.1) is 0 Å². The average molecular weight is 406 g/mol. The van der Waals surface area contributed by atoms with Crippen LogP contribution in [-0.2, 0) is 0 Å². The Morgan fingerprint density at radius 1 is 1.10 bits per heavy atom. The summed E-state index contributed by atoms with van der Waals surface area (Å²) in [5, 5.41) is 9.44. The molecule has 2 heterocycles. The average Bonchev–Trinajstić information content (AvgIpc) is 2.77. The highest BCUT2D eigenvalue weighted by molar-refractivity contribution is 6.06. The van der Waals surface area contributed by atoms with Crippen LogP contribution in [0.1, 0.15) is 42.9 Å². The lowest BCUT2D eigenvalue weighted by Crippen LogP contribution is -2.30. The molecule has 0 aliphatic carbocycles. The van der Waals surface area contributed by atoms with Crippen LogP contribution in [0.5, 0.6) is 11.5 Å². The van der Waals surface area contributed by atoms with Crippen molar-refractivity contribution in [1.82, 2.24) is 15.2 Å². The molecule has 3 aromatic rings. The van der Waals surface area contributed by atoms with Crippen molar-refractivity contribution in [3.63, 3.8) is 0 Å². The van der Waals surface area contributed by atoms with Gasteiger partial charge in [-0.15, -0.1) is 0 Å². The molecule has 8 nitrogen and oxygen atoms in total. The first-order valence-corrected chi connectivity index (χ1v) is 9.72. The highest BCUT2D eigenvalue weighted by atomic mass is 16.6. The first kappa shape index (κ1) is 19.6. The molecule has 0 spiro atoms. The maximum atomic E-state index is 12.9. The summed E-state index contributed by atoms with van der Waals surface area (Å²) >= 11 is 0. The van der Waals surface area contributed by atoms with Crippen LogP contribution >= 0.6 is 0 Å². The quantitative estimate of drug-likeness (QED) is 0.531. The van der Waals surface area contributed by atoms with Gasteiger partial charge in [-0.2, -0.15) is 10.2 Å². The Kier molecular flexibility index (Phi) is 5.22. The third-order valence-electron chi connectivity index (χ3n) is 4.82. The van der Waals surface area contributed by atoms with Gasteiger partial charge in [0.25, 0.3) is 11.5 Å². The van der Waals surface area contributed by atoms with Crippen LogP contribution in [-0.4, -0.2) is 34.6 Å². The smallest absolute Gasteiger partial charge is 0.292 e. The molecule has 1 aliphatic rings. The molecule has 8 heteroatoms. The molecule has 1 amide bonds. The van der Waals surface area contributed by atoms with E-state index in [0.717, 1.165) is 5.56 Å². The molecule has 0 saturated heterocycles. The zero-order chi connectivity index (χ0) is 21.3. The summed E-state index contributed by atoms with van der Waals surface area (Å²) in [5.74, 6) is 0.849. The predicted octanol–water partition coefficient (Wildman–Crippen LogP) is 2.90. The molecule has 0 atom stereocenters. The topological polar surface area (TPSA) is 94.8 Å². The van der Waals surface area contributed by atoms with Crippen molar-refractivity contribution in [2.24, 2.45) is 5.10 Å². The zero-order valence-corrected chi connectivity index (χ0v) is 17.0. The van der Waals surface area contributed by atoms with Crippen LogP contribution in [0.15, 0.2) is 52.4 Å². The van der Waals surface area contributed by atoms with Crippen molar-refractivity contribution < 1.29 is 14.3 Å².